The van der Waals surface area contributed by atoms with Crippen LogP contribution in [0.3, 0.4) is 0 Å². The van der Waals surface area contributed by atoms with Crippen molar-refractivity contribution in [2.45, 2.75) is 44.7 Å². The number of hydrogen-bond acceptors (Lipinski definition) is 2. The van der Waals surface area contributed by atoms with E-state index in [0.29, 0.717) is 13.1 Å². The number of likely N-dealkylation sites (tertiary alicyclic amines) is 2. The summed E-state index contributed by atoms with van der Waals surface area (Å²) in [7, 11) is 0. The van der Waals surface area contributed by atoms with Gasteiger partial charge in [0.1, 0.15) is 0 Å². The number of piperidine rings is 2. The minimum Gasteiger partial charge on any atom is -0.342 e. The molecule has 0 aliphatic carbocycles. The predicted molar refractivity (Wildman–Crippen MR) is 70.3 cm³/mol. The van der Waals surface area contributed by atoms with Crippen LogP contribution in [-0.4, -0.2) is 54.6 Å². The maximum Gasteiger partial charge on any atom is 0.390 e. The van der Waals surface area contributed by atoms with Gasteiger partial charge in [0, 0.05) is 26.2 Å². The predicted octanol–water partition coefficient (Wildman–Crippen LogP) is 2.66. The number of halogens is 3. The third-order valence-electron chi connectivity index (χ3n) is 4.23. The van der Waals surface area contributed by atoms with Crippen LogP contribution in [0.25, 0.3) is 0 Å². The van der Waals surface area contributed by atoms with Crippen LogP contribution in [0.15, 0.2) is 0 Å². The van der Waals surface area contributed by atoms with Crippen molar-refractivity contribution in [2.24, 2.45) is 5.92 Å². The van der Waals surface area contributed by atoms with Crippen LogP contribution in [0.2, 0.25) is 0 Å². The number of alkyl halides is 3. The van der Waals surface area contributed by atoms with Gasteiger partial charge in [0.05, 0.1) is 12.3 Å². The molecule has 0 N–H and O–H groups in total. The van der Waals surface area contributed by atoms with Crippen molar-refractivity contribution in [2.75, 3.05) is 32.7 Å². The molecule has 2 fully saturated rings. The van der Waals surface area contributed by atoms with Gasteiger partial charge in [-0.25, -0.2) is 0 Å². The second-order valence-electron chi connectivity index (χ2n) is 5.89. The molecular formula is C14H23F3N2O. The summed E-state index contributed by atoms with van der Waals surface area (Å²) in [5, 5.41) is 0. The second-order valence-corrected chi connectivity index (χ2v) is 5.89. The Morgan fingerprint density at radius 2 is 1.75 bits per heavy atom. The van der Waals surface area contributed by atoms with Crippen LogP contribution in [0.4, 0.5) is 13.2 Å². The van der Waals surface area contributed by atoms with Crippen LogP contribution in [0.5, 0.6) is 0 Å². The van der Waals surface area contributed by atoms with Gasteiger partial charge in [-0.15, -0.1) is 0 Å². The van der Waals surface area contributed by atoms with E-state index in [1.54, 1.807) is 4.90 Å². The summed E-state index contributed by atoms with van der Waals surface area (Å²) in [6.07, 6.45) is 0.0278. The Hall–Kier alpha value is -0.780. The third-order valence-corrected chi connectivity index (χ3v) is 4.23. The van der Waals surface area contributed by atoms with Crippen molar-refractivity contribution >= 4 is 5.91 Å². The van der Waals surface area contributed by atoms with E-state index in [9.17, 15) is 18.0 Å². The molecule has 0 spiro atoms. The Morgan fingerprint density at radius 1 is 1.05 bits per heavy atom. The Labute approximate surface area is 118 Å². The fourth-order valence-electron chi connectivity index (χ4n) is 3.12. The van der Waals surface area contributed by atoms with Crippen LogP contribution in [0.1, 0.15) is 38.5 Å². The molecule has 3 nitrogen and oxygen atoms in total. The molecule has 0 bridgehead atoms. The van der Waals surface area contributed by atoms with E-state index in [-0.39, 0.29) is 18.4 Å². The first-order chi connectivity index (χ1) is 9.46. The average Bonchev–Trinajstić information content (AvgIpc) is 2.45. The highest BCUT2D eigenvalue weighted by atomic mass is 19.4. The lowest BCUT2D eigenvalue weighted by molar-refractivity contribution is -0.142. The lowest BCUT2D eigenvalue weighted by Crippen LogP contribution is -2.46. The molecular weight excluding hydrogens is 269 g/mol. The van der Waals surface area contributed by atoms with Gasteiger partial charge in [0.2, 0.25) is 5.91 Å². The van der Waals surface area contributed by atoms with Crippen LogP contribution in [-0.2, 0) is 4.79 Å². The summed E-state index contributed by atoms with van der Waals surface area (Å²) in [5.74, 6) is 0.0523. The maximum atomic E-state index is 12.4. The van der Waals surface area contributed by atoms with Crippen molar-refractivity contribution in [1.29, 1.82) is 0 Å². The van der Waals surface area contributed by atoms with E-state index in [1.165, 1.54) is 6.42 Å². The van der Waals surface area contributed by atoms with E-state index in [1.807, 2.05) is 4.90 Å². The quantitative estimate of drug-likeness (QED) is 0.798. The van der Waals surface area contributed by atoms with Crippen LogP contribution >= 0.6 is 0 Å². The largest absolute Gasteiger partial charge is 0.390 e. The average molecular weight is 292 g/mol. The lowest BCUT2D eigenvalue weighted by atomic mass is 9.95. The number of hydrogen-bond donors (Lipinski definition) is 0. The minimum atomic E-state index is -4.11. The maximum absolute atomic E-state index is 12.4. The highest BCUT2D eigenvalue weighted by molar-refractivity contribution is 5.79. The number of nitrogens with zero attached hydrogens (tertiary/aromatic N) is 2. The summed E-state index contributed by atoms with van der Waals surface area (Å²) in [4.78, 5) is 16.1. The summed E-state index contributed by atoms with van der Waals surface area (Å²) in [6.45, 7) is 2.83. The molecule has 2 aliphatic heterocycles. The standard InChI is InChI=1S/C14H23F3N2O/c15-14(16,17)6-10-18-7-4-5-12(11-18)13(20)19-8-2-1-3-9-19/h12H,1-11H2/t12-/m0/s1. The van der Waals surface area contributed by atoms with Gasteiger partial charge < -0.3 is 9.80 Å². The van der Waals surface area contributed by atoms with Gasteiger partial charge in [-0.2, -0.15) is 13.2 Å². The van der Waals surface area contributed by atoms with Crippen molar-refractivity contribution in [1.82, 2.24) is 9.80 Å². The van der Waals surface area contributed by atoms with Gasteiger partial charge in [-0.3, -0.25) is 4.79 Å². The van der Waals surface area contributed by atoms with Gasteiger partial charge in [-0.05, 0) is 38.6 Å². The molecule has 0 radical (unpaired) electrons. The second kappa shape index (κ2) is 6.78. The van der Waals surface area contributed by atoms with Gasteiger partial charge in [0.15, 0.2) is 0 Å². The van der Waals surface area contributed by atoms with E-state index in [2.05, 4.69) is 0 Å². The van der Waals surface area contributed by atoms with Gasteiger partial charge >= 0.3 is 6.18 Å². The zero-order valence-corrected chi connectivity index (χ0v) is 11.8. The molecule has 2 rings (SSSR count). The fraction of sp³-hybridized carbons (Fsp3) is 0.929. The van der Waals surface area contributed by atoms with E-state index >= 15 is 0 Å². The van der Waals surface area contributed by atoms with E-state index < -0.39 is 12.6 Å². The smallest absolute Gasteiger partial charge is 0.342 e. The van der Waals surface area contributed by atoms with Gasteiger partial charge in [-0.1, -0.05) is 0 Å². The van der Waals surface area contributed by atoms with Crippen molar-refractivity contribution < 1.29 is 18.0 Å². The molecule has 0 saturated carbocycles. The summed E-state index contributed by atoms with van der Waals surface area (Å²) in [5.41, 5.74) is 0. The minimum absolute atomic E-state index is 0.0211. The molecule has 0 aromatic heterocycles. The van der Waals surface area contributed by atoms with E-state index in [0.717, 1.165) is 38.8 Å². The summed E-state index contributed by atoms with van der Waals surface area (Å²) >= 11 is 0. The zero-order chi connectivity index (χ0) is 14.6. The SMILES string of the molecule is O=C([C@H]1CCCN(CCC(F)(F)F)C1)N1CCCCC1. The molecule has 2 heterocycles. The first-order valence-corrected chi connectivity index (χ1v) is 7.53. The normalized spacial score (nSPS) is 25.8. The number of amides is 1. The molecule has 6 heteroatoms. The monoisotopic (exact) mass is 292 g/mol. The summed E-state index contributed by atoms with van der Waals surface area (Å²) < 4.78 is 36.8. The number of rotatable bonds is 3. The Kier molecular flexibility index (Phi) is 5.29. The topological polar surface area (TPSA) is 23.6 Å². The first kappa shape index (κ1) is 15.6. The number of carbonyl (C=O) groups excluding carboxylic acids is 1. The lowest BCUT2D eigenvalue weighted by Gasteiger charge is -2.36. The van der Waals surface area contributed by atoms with Gasteiger partial charge in [0.25, 0.3) is 0 Å². The fourth-order valence-corrected chi connectivity index (χ4v) is 3.12. The molecule has 0 aromatic rings. The molecule has 0 aromatic carbocycles. The number of carbonyl (C=O) groups is 1. The third kappa shape index (κ3) is 4.65. The molecule has 2 saturated heterocycles. The van der Waals surface area contributed by atoms with Crippen molar-refractivity contribution in [3.63, 3.8) is 0 Å². The van der Waals surface area contributed by atoms with Crippen LogP contribution < -0.4 is 0 Å². The highest BCUT2D eigenvalue weighted by Gasteiger charge is 2.32. The summed E-state index contributed by atoms with van der Waals surface area (Å²) in [6, 6.07) is 0. The highest BCUT2D eigenvalue weighted by Crippen LogP contribution is 2.24. The molecule has 2 aliphatic rings. The Balaban J connectivity index is 1.81. The van der Waals surface area contributed by atoms with Crippen molar-refractivity contribution in [3.8, 4) is 0 Å². The first-order valence-electron chi connectivity index (χ1n) is 7.53. The molecule has 116 valence electrons. The van der Waals surface area contributed by atoms with Crippen molar-refractivity contribution in [3.05, 3.63) is 0 Å². The molecule has 1 atom stereocenters. The zero-order valence-electron chi connectivity index (χ0n) is 11.8. The molecule has 0 unspecified atom stereocenters. The Morgan fingerprint density at radius 3 is 2.40 bits per heavy atom. The van der Waals surface area contributed by atoms with E-state index in [4.69, 9.17) is 0 Å². The Bertz CT molecular complexity index is 327. The molecule has 1 amide bonds. The molecule has 20 heavy (non-hydrogen) atoms. The van der Waals surface area contributed by atoms with Crippen LogP contribution in [0, 0.1) is 5.92 Å².